The fourth-order valence-electron chi connectivity index (χ4n) is 1.95. The summed E-state index contributed by atoms with van der Waals surface area (Å²) in [6.45, 7) is 0.420. The summed E-state index contributed by atoms with van der Waals surface area (Å²) in [5.41, 5.74) is 7.18. The monoisotopic (exact) mass is 283 g/mol. The van der Waals surface area contributed by atoms with E-state index >= 15 is 0 Å². The number of hydrogen-bond acceptors (Lipinski definition) is 4. The molecule has 0 heterocycles. The van der Waals surface area contributed by atoms with Gasteiger partial charge in [0.25, 0.3) is 5.91 Å². The van der Waals surface area contributed by atoms with Crippen molar-refractivity contribution in [1.29, 1.82) is 5.41 Å². The van der Waals surface area contributed by atoms with E-state index in [-0.39, 0.29) is 11.4 Å². The molecule has 21 heavy (non-hydrogen) atoms. The standard InChI is InChI=1S/C16H17N3O2/c1-19-15(16(18)20)13-9-12(7-8-14(13)17)21-10-11-5-3-2-4-6-11/h2-9,17,19H,10H2,1H3,(H2,18,20)/b15-13-,17-14?. The predicted octanol–water partition coefficient (Wildman–Crippen LogP) is 1.64. The smallest absolute Gasteiger partial charge is 0.265 e. The van der Waals surface area contributed by atoms with Gasteiger partial charge in [0.05, 0.1) is 5.71 Å². The third kappa shape index (κ3) is 3.60. The number of primary amides is 1. The Labute approximate surface area is 123 Å². The quantitative estimate of drug-likeness (QED) is 0.718. The van der Waals surface area contributed by atoms with Crippen molar-refractivity contribution in [1.82, 2.24) is 5.32 Å². The van der Waals surface area contributed by atoms with Crippen molar-refractivity contribution >= 4 is 11.6 Å². The van der Waals surface area contributed by atoms with Gasteiger partial charge in [-0.1, -0.05) is 30.3 Å². The normalized spacial score (nSPS) is 16.2. The molecule has 0 atom stereocenters. The number of ether oxygens (including phenoxy) is 1. The van der Waals surface area contributed by atoms with E-state index in [1.165, 1.54) is 0 Å². The van der Waals surface area contributed by atoms with Gasteiger partial charge in [0.15, 0.2) is 0 Å². The molecule has 0 saturated heterocycles. The molecule has 1 aliphatic carbocycles. The van der Waals surface area contributed by atoms with Gasteiger partial charge in [-0.15, -0.1) is 0 Å². The molecule has 0 spiro atoms. The maximum absolute atomic E-state index is 11.4. The van der Waals surface area contributed by atoms with Gasteiger partial charge in [-0.25, -0.2) is 0 Å². The van der Waals surface area contributed by atoms with Crippen molar-refractivity contribution in [3.8, 4) is 0 Å². The highest BCUT2D eigenvalue weighted by atomic mass is 16.5. The molecule has 5 heteroatoms. The first kappa shape index (κ1) is 14.6. The van der Waals surface area contributed by atoms with Crippen LogP contribution < -0.4 is 11.1 Å². The first-order valence-electron chi connectivity index (χ1n) is 6.49. The number of carbonyl (C=O) groups is 1. The van der Waals surface area contributed by atoms with Crippen LogP contribution in [0.25, 0.3) is 0 Å². The van der Waals surface area contributed by atoms with E-state index in [9.17, 15) is 4.79 Å². The summed E-state index contributed by atoms with van der Waals surface area (Å²) < 4.78 is 5.69. The first-order chi connectivity index (χ1) is 10.1. The SMILES string of the molecule is CN/C(C(N)=O)=C1/C=C(OCc2ccccc2)C=CC1=N. The summed E-state index contributed by atoms with van der Waals surface area (Å²) in [6, 6.07) is 9.76. The van der Waals surface area contributed by atoms with Gasteiger partial charge in [-0.05, 0) is 23.8 Å². The molecule has 0 aliphatic heterocycles. The Morgan fingerprint density at radius 1 is 1.29 bits per heavy atom. The zero-order chi connectivity index (χ0) is 15.2. The van der Waals surface area contributed by atoms with E-state index in [2.05, 4.69) is 5.32 Å². The predicted molar refractivity (Wildman–Crippen MR) is 81.5 cm³/mol. The van der Waals surface area contributed by atoms with Crippen molar-refractivity contribution in [3.63, 3.8) is 0 Å². The lowest BCUT2D eigenvalue weighted by Gasteiger charge is -2.15. The lowest BCUT2D eigenvalue weighted by atomic mass is 10.0. The Kier molecular flexibility index (Phi) is 4.56. The van der Waals surface area contributed by atoms with E-state index in [1.807, 2.05) is 30.3 Å². The second kappa shape index (κ2) is 6.56. The number of nitrogens with one attached hydrogen (secondary N) is 2. The number of allylic oxidation sites excluding steroid dienone is 4. The Hall–Kier alpha value is -2.82. The van der Waals surface area contributed by atoms with Crippen LogP contribution in [0.4, 0.5) is 0 Å². The van der Waals surface area contributed by atoms with Gasteiger partial charge in [0.2, 0.25) is 0 Å². The number of amides is 1. The molecule has 108 valence electrons. The van der Waals surface area contributed by atoms with Crippen LogP contribution in [0.5, 0.6) is 0 Å². The zero-order valence-electron chi connectivity index (χ0n) is 11.7. The van der Waals surface area contributed by atoms with Crippen molar-refractivity contribution < 1.29 is 9.53 Å². The molecule has 0 radical (unpaired) electrons. The highest BCUT2D eigenvalue weighted by Crippen LogP contribution is 2.18. The molecule has 1 amide bonds. The van der Waals surface area contributed by atoms with Crippen LogP contribution in [0.2, 0.25) is 0 Å². The average molecular weight is 283 g/mol. The minimum atomic E-state index is -0.605. The molecule has 0 fully saturated rings. The minimum Gasteiger partial charge on any atom is -0.489 e. The highest BCUT2D eigenvalue weighted by Gasteiger charge is 2.16. The first-order valence-corrected chi connectivity index (χ1v) is 6.49. The molecule has 2 rings (SSSR count). The fraction of sp³-hybridized carbons (Fsp3) is 0.125. The Morgan fingerprint density at radius 2 is 2.00 bits per heavy atom. The van der Waals surface area contributed by atoms with Gasteiger partial charge in [0.1, 0.15) is 18.1 Å². The third-order valence-corrected chi connectivity index (χ3v) is 3.01. The Balaban J connectivity index is 2.19. The lowest BCUT2D eigenvalue weighted by Crippen LogP contribution is -2.27. The number of likely N-dealkylation sites (N-methyl/N-ethyl adjacent to an activating group) is 1. The number of benzene rings is 1. The van der Waals surface area contributed by atoms with E-state index in [4.69, 9.17) is 15.9 Å². The number of hydrogen-bond donors (Lipinski definition) is 3. The molecule has 1 aromatic rings. The molecule has 1 aliphatic rings. The minimum absolute atomic E-state index is 0.199. The van der Waals surface area contributed by atoms with Gasteiger partial charge >= 0.3 is 0 Å². The second-order valence-electron chi connectivity index (χ2n) is 4.47. The van der Waals surface area contributed by atoms with Gasteiger partial charge in [-0.3, -0.25) is 4.79 Å². The van der Waals surface area contributed by atoms with Crippen LogP contribution in [0.15, 0.2) is 65.6 Å². The number of rotatable bonds is 5. The number of nitrogens with two attached hydrogens (primary N) is 1. The van der Waals surface area contributed by atoms with Crippen molar-refractivity contribution in [2.75, 3.05) is 7.05 Å². The molecule has 4 N–H and O–H groups in total. The van der Waals surface area contributed by atoms with Crippen molar-refractivity contribution in [2.24, 2.45) is 5.73 Å². The maximum atomic E-state index is 11.4. The highest BCUT2D eigenvalue weighted by molar-refractivity contribution is 6.14. The third-order valence-electron chi connectivity index (χ3n) is 3.01. The maximum Gasteiger partial charge on any atom is 0.265 e. The molecular formula is C16H17N3O2. The van der Waals surface area contributed by atoms with Crippen LogP contribution in [0.3, 0.4) is 0 Å². The van der Waals surface area contributed by atoms with E-state index in [0.29, 0.717) is 17.9 Å². The molecule has 0 saturated carbocycles. The van der Waals surface area contributed by atoms with Crippen molar-refractivity contribution in [3.05, 3.63) is 71.2 Å². The second-order valence-corrected chi connectivity index (χ2v) is 4.47. The summed E-state index contributed by atoms with van der Waals surface area (Å²) in [6.07, 6.45) is 4.92. The largest absolute Gasteiger partial charge is 0.489 e. The van der Waals surface area contributed by atoms with Crippen LogP contribution in [0.1, 0.15) is 5.56 Å². The molecule has 0 aromatic heterocycles. The van der Waals surface area contributed by atoms with Crippen molar-refractivity contribution in [2.45, 2.75) is 6.61 Å². The van der Waals surface area contributed by atoms with E-state index < -0.39 is 5.91 Å². The summed E-state index contributed by atoms with van der Waals surface area (Å²) in [5, 5.41) is 10.6. The van der Waals surface area contributed by atoms with E-state index in [1.54, 1.807) is 25.3 Å². The summed E-state index contributed by atoms with van der Waals surface area (Å²) in [5.74, 6) is -0.0231. The Morgan fingerprint density at radius 3 is 2.62 bits per heavy atom. The van der Waals surface area contributed by atoms with E-state index in [0.717, 1.165) is 5.56 Å². The van der Waals surface area contributed by atoms with Crippen LogP contribution >= 0.6 is 0 Å². The summed E-state index contributed by atoms with van der Waals surface area (Å²) >= 11 is 0. The topological polar surface area (TPSA) is 88.2 Å². The van der Waals surface area contributed by atoms with Gasteiger partial charge in [-0.2, -0.15) is 0 Å². The average Bonchev–Trinajstić information content (AvgIpc) is 2.49. The zero-order valence-corrected chi connectivity index (χ0v) is 11.7. The molecular weight excluding hydrogens is 266 g/mol. The Bertz CT molecular complexity index is 643. The molecule has 5 nitrogen and oxygen atoms in total. The fourth-order valence-corrected chi connectivity index (χ4v) is 1.95. The van der Waals surface area contributed by atoms with Gasteiger partial charge < -0.3 is 21.2 Å². The molecule has 1 aromatic carbocycles. The summed E-state index contributed by atoms with van der Waals surface area (Å²) in [7, 11) is 1.59. The lowest BCUT2D eigenvalue weighted by molar-refractivity contribution is -0.114. The number of carbonyl (C=O) groups excluding carboxylic acids is 1. The summed E-state index contributed by atoms with van der Waals surface area (Å²) in [4.78, 5) is 11.4. The molecule has 0 bridgehead atoms. The van der Waals surface area contributed by atoms with Gasteiger partial charge in [0, 0.05) is 12.6 Å². The molecule has 0 unspecified atom stereocenters. The van der Waals surface area contributed by atoms with Crippen LogP contribution in [0, 0.1) is 5.41 Å². The van der Waals surface area contributed by atoms with Crippen LogP contribution in [-0.2, 0) is 16.1 Å². The van der Waals surface area contributed by atoms with Crippen LogP contribution in [-0.4, -0.2) is 18.7 Å².